The van der Waals surface area contributed by atoms with Gasteiger partial charge in [-0.1, -0.05) is 37.3 Å². The van der Waals surface area contributed by atoms with Crippen LogP contribution in [0.1, 0.15) is 23.7 Å². The molecule has 1 aromatic carbocycles. The Morgan fingerprint density at radius 2 is 1.87 bits per heavy atom. The van der Waals surface area contributed by atoms with Crippen LogP contribution in [0.15, 0.2) is 30.3 Å². The molecular formula is C12H14O3. The number of carbonyl (C=O) groups is 2. The van der Waals surface area contributed by atoms with Crippen LogP contribution in [0.4, 0.5) is 0 Å². The highest BCUT2D eigenvalue weighted by atomic mass is 16.5. The van der Waals surface area contributed by atoms with Gasteiger partial charge in [-0.2, -0.15) is 0 Å². The van der Waals surface area contributed by atoms with E-state index in [1.165, 1.54) is 7.11 Å². The number of carbonyl (C=O) groups excluding carboxylic acids is 2. The summed E-state index contributed by atoms with van der Waals surface area (Å²) in [7, 11) is 1.29. The van der Waals surface area contributed by atoms with Crippen LogP contribution in [0.2, 0.25) is 0 Å². The number of ketones is 1. The topological polar surface area (TPSA) is 43.4 Å². The van der Waals surface area contributed by atoms with Crippen LogP contribution >= 0.6 is 0 Å². The fraction of sp³-hybridized carbons (Fsp3) is 0.333. The highest BCUT2D eigenvalue weighted by Gasteiger charge is 2.26. The van der Waals surface area contributed by atoms with Gasteiger partial charge < -0.3 is 4.74 Å². The molecule has 0 saturated heterocycles. The molecule has 0 unspecified atom stereocenters. The van der Waals surface area contributed by atoms with Crippen LogP contribution in [0.5, 0.6) is 0 Å². The van der Waals surface area contributed by atoms with Crippen molar-refractivity contribution >= 4 is 11.8 Å². The van der Waals surface area contributed by atoms with E-state index in [4.69, 9.17) is 0 Å². The van der Waals surface area contributed by atoms with Gasteiger partial charge in [0.15, 0.2) is 5.78 Å². The molecule has 0 radical (unpaired) electrons. The number of rotatable bonds is 4. The Labute approximate surface area is 89.1 Å². The second-order valence-corrected chi connectivity index (χ2v) is 3.21. The lowest BCUT2D eigenvalue weighted by Gasteiger charge is -2.10. The van der Waals surface area contributed by atoms with Crippen LogP contribution in [-0.4, -0.2) is 18.9 Å². The summed E-state index contributed by atoms with van der Waals surface area (Å²) in [5, 5.41) is 0. The van der Waals surface area contributed by atoms with Gasteiger partial charge in [0.2, 0.25) is 0 Å². The zero-order chi connectivity index (χ0) is 11.3. The van der Waals surface area contributed by atoms with E-state index in [1.54, 1.807) is 31.2 Å². The molecule has 3 heteroatoms. The van der Waals surface area contributed by atoms with Crippen LogP contribution in [0.3, 0.4) is 0 Å². The van der Waals surface area contributed by atoms with Crippen LogP contribution in [0.25, 0.3) is 0 Å². The van der Waals surface area contributed by atoms with Gasteiger partial charge in [-0.25, -0.2) is 0 Å². The summed E-state index contributed by atoms with van der Waals surface area (Å²) in [6, 6.07) is 8.78. The molecule has 0 saturated carbocycles. The maximum absolute atomic E-state index is 11.9. The third-order valence-electron chi connectivity index (χ3n) is 2.27. The Hall–Kier alpha value is -1.64. The molecule has 0 aliphatic heterocycles. The summed E-state index contributed by atoms with van der Waals surface area (Å²) in [4.78, 5) is 23.2. The SMILES string of the molecule is CC[C@H](C(=O)OC)C(=O)c1ccccc1. The molecule has 1 rings (SSSR count). The van der Waals surface area contributed by atoms with E-state index in [9.17, 15) is 9.59 Å². The van der Waals surface area contributed by atoms with E-state index >= 15 is 0 Å². The number of hydrogen-bond donors (Lipinski definition) is 0. The number of benzene rings is 1. The summed E-state index contributed by atoms with van der Waals surface area (Å²) in [5.41, 5.74) is 0.551. The van der Waals surface area contributed by atoms with E-state index < -0.39 is 11.9 Å². The number of Topliss-reactive ketones (excluding diaryl/α,β-unsaturated/α-hetero) is 1. The van der Waals surface area contributed by atoms with Crippen molar-refractivity contribution in [3.8, 4) is 0 Å². The molecule has 3 nitrogen and oxygen atoms in total. The van der Waals surface area contributed by atoms with Crippen molar-refractivity contribution in [1.29, 1.82) is 0 Å². The molecule has 0 aliphatic rings. The first-order valence-corrected chi connectivity index (χ1v) is 4.87. The Balaban J connectivity index is 2.87. The van der Waals surface area contributed by atoms with E-state index in [0.717, 1.165) is 0 Å². The molecule has 80 valence electrons. The summed E-state index contributed by atoms with van der Waals surface area (Å²) >= 11 is 0. The first-order chi connectivity index (χ1) is 7.20. The summed E-state index contributed by atoms with van der Waals surface area (Å²) < 4.78 is 4.59. The average molecular weight is 206 g/mol. The smallest absolute Gasteiger partial charge is 0.316 e. The number of methoxy groups -OCH3 is 1. The van der Waals surface area contributed by atoms with Crippen LogP contribution in [-0.2, 0) is 9.53 Å². The minimum atomic E-state index is -0.683. The van der Waals surface area contributed by atoms with Crippen molar-refractivity contribution < 1.29 is 14.3 Å². The minimum absolute atomic E-state index is 0.176. The summed E-state index contributed by atoms with van der Waals surface area (Å²) in [6.07, 6.45) is 0.459. The Morgan fingerprint density at radius 1 is 1.27 bits per heavy atom. The molecular weight excluding hydrogens is 192 g/mol. The fourth-order valence-electron chi connectivity index (χ4n) is 1.40. The van der Waals surface area contributed by atoms with Gasteiger partial charge in [0.25, 0.3) is 0 Å². The van der Waals surface area contributed by atoms with Crippen molar-refractivity contribution in [1.82, 2.24) is 0 Å². The van der Waals surface area contributed by atoms with E-state index in [-0.39, 0.29) is 5.78 Å². The van der Waals surface area contributed by atoms with Crippen LogP contribution in [0, 0.1) is 5.92 Å². The van der Waals surface area contributed by atoms with Gasteiger partial charge in [-0.15, -0.1) is 0 Å². The third-order valence-corrected chi connectivity index (χ3v) is 2.27. The van der Waals surface area contributed by atoms with Gasteiger partial charge in [0, 0.05) is 5.56 Å². The van der Waals surface area contributed by atoms with Gasteiger partial charge in [-0.05, 0) is 6.42 Å². The Kier molecular flexibility index (Phi) is 4.03. The second kappa shape index (κ2) is 5.29. The van der Waals surface area contributed by atoms with Gasteiger partial charge in [0.1, 0.15) is 5.92 Å². The maximum atomic E-state index is 11.9. The highest BCUT2D eigenvalue weighted by molar-refractivity contribution is 6.08. The van der Waals surface area contributed by atoms with Crippen molar-refractivity contribution in [3.05, 3.63) is 35.9 Å². The van der Waals surface area contributed by atoms with Crippen molar-refractivity contribution in [2.75, 3.05) is 7.11 Å². The van der Waals surface area contributed by atoms with E-state index in [0.29, 0.717) is 12.0 Å². The van der Waals surface area contributed by atoms with Gasteiger partial charge in [0.05, 0.1) is 7.11 Å². The lowest BCUT2D eigenvalue weighted by Crippen LogP contribution is -2.24. The number of ether oxygens (including phenoxy) is 1. The zero-order valence-corrected chi connectivity index (χ0v) is 8.90. The quantitative estimate of drug-likeness (QED) is 0.430. The standard InChI is InChI=1S/C12H14O3/c1-3-10(12(14)15-2)11(13)9-7-5-4-6-8-9/h4-8,10H,3H2,1-2H3/t10-/m0/s1. The van der Waals surface area contributed by atoms with Crippen molar-refractivity contribution in [2.24, 2.45) is 5.92 Å². The first-order valence-electron chi connectivity index (χ1n) is 4.87. The molecule has 0 aromatic heterocycles. The second-order valence-electron chi connectivity index (χ2n) is 3.21. The van der Waals surface area contributed by atoms with E-state index in [1.807, 2.05) is 6.07 Å². The van der Waals surface area contributed by atoms with E-state index in [2.05, 4.69) is 4.74 Å². The molecule has 0 N–H and O–H groups in total. The lowest BCUT2D eigenvalue weighted by atomic mass is 9.95. The Morgan fingerprint density at radius 3 is 2.33 bits per heavy atom. The van der Waals surface area contributed by atoms with Gasteiger partial charge >= 0.3 is 5.97 Å². The van der Waals surface area contributed by atoms with Crippen LogP contribution < -0.4 is 0 Å². The molecule has 1 aromatic rings. The summed E-state index contributed by atoms with van der Waals surface area (Å²) in [6.45, 7) is 1.79. The third kappa shape index (κ3) is 2.65. The van der Waals surface area contributed by atoms with Gasteiger partial charge in [-0.3, -0.25) is 9.59 Å². The molecule has 0 fully saturated rings. The lowest BCUT2D eigenvalue weighted by molar-refractivity contribution is -0.143. The molecule has 0 bridgehead atoms. The minimum Gasteiger partial charge on any atom is -0.468 e. The normalized spacial score (nSPS) is 11.9. The van der Waals surface area contributed by atoms with Crippen molar-refractivity contribution in [3.63, 3.8) is 0 Å². The molecule has 0 heterocycles. The maximum Gasteiger partial charge on any atom is 0.316 e. The molecule has 0 aliphatic carbocycles. The predicted octanol–water partition coefficient (Wildman–Crippen LogP) is 2.07. The fourth-order valence-corrected chi connectivity index (χ4v) is 1.40. The molecule has 15 heavy (non-hydrogen) atoms. The average Bonchev–Trinajstić information content (AvgIpc) is 2.30. The zero-order valence-electron chi connectivity index (χ0n) is 8.90. The monoisotopic (exact) mass is 206 g/mol. The molecule has 1 atom stereocenters. The Bertz CT molecular complexity index is 343. The molecule has 0 spiro atoms. The predicted molar refractivity (Wildman–Crippen MR) is 56.6 cm³/mol. The number of esters is 1. The largest absolute Gasteiger partial charge is 0.468 e. The van der Waals surface area contributed by atoms with Crippen molar-refractivity contribution in [2.45, 2.75) is 13.3 Å². The highest BCUT2D eigenvalue weighted by Crippen LogP contribution is 2.13. The number of hydrogen-bond acceptors (Lipinski definition) is 3. The summed E-state index contributed by atoms with van der Waals surface area (Å²) in [5.74, 6) is -1.33. The first kappa shape index (κ1) is 11.4. The molecule has 0 amide bonds.